The minimum absolute atomic E-state index is 0.838. The predicted molar refractivity (Wildman–Crippen MR) is 140 cm³/mol. The summed E-state index contributed by atoms with van der Waals surface area (Å²) in [5, 5.41) is 0. The number of benzene rings is 3. The lowest BCUT2D eigenvalue weighted by molar-refractivity contribution is 0.368. The van der Waals surface area contributed by atoms with Crippen molar-refractivity contribution in [2.75, 3.05) is 7.11 Å². The standard InChI is InChI=1S/C27H26O2S.BF4/c1-4-19-8-12-21(13-9-19)24-17-23(28-3)18-25(22-14-10-20(5-2)11-15-22)27(24)26-7-6-16-29-30-26;2-1(3,4)5/h6-18H,4-5H2,1-3H3;/q;-1/p+1. The molecule has 35 heavy (non-hydrogen) atoms. The van der Waals surface area contributed by atoms with Gasteiger partial charge in [0.1, 0.15) is 5.75 Å². The Hall–Kier alpha value is -3.13. The van der Waals surface area contributed by atoms with Crippen LogP contribution in [0.1, 0.15) is 30.5 Å². The lowest BCUT2D eigenvalue weighted by Crippen LogP contribution is -2.02. The van der Waals surface area contributed by atoms with Crippen LogP contribution in [0.2, 0.25) is 0 Å². The van der Waals surface area contributed by atoms with Crippen LogP contribution in [0.5, 0.6) is 5.75 Å². The summed E-state index contributed by atoms with van der Waals surface area (Å²) < 4.78 is 50.3. The van der Waals surface area contributed by atoms with Crippen LogP contribution in [0.3, 0.4) is 0 Å². The van der Waals surface area contributed by atoms with E-state index in [1.54, 1.807) is 13.4 Å². The first kappa shape index (κ1) is 26.5. The van der Waals surface area contributed by atoms with Crippen LogP contribution >= 0.6 is 0 Å². The van der Waals surface area contributed by atoms with E-state index < -0.39 is 7.25 Å². The van der Waals surface area contributed by atoms with E-state index in [1.165, 1.54) is 27.8 Å². The van der Waals surface area contributed by atoms with Gasteiger partial charge >= 0.3 is 7.25 Å². The minimum atomic E-state index is -6.00. The van der Waals surface area contributed by atoms with Gasteiger partial charge in [-0.25, -0.2) is 0 Å². The monoisotopic (exact) mass is 502 g/mol. The Bertz CT molecular complexity index is 1110. The number of ether oxygens (including phenoxy) is 1. The summed E-state index contributed by atoms with van der Waals surface area (Å²) in [6.45, 7) is 4.36. The summed E-state index contributed by atoms with van der Waals surface area (Å²) in [5.74, 6) is 0.854. The van der Waals surface area contributed by atoms with Crippen molar-refractivity contribution in [1.82, 2.24) is 0 Å². The van der Waals surface area contributed by atoms with Gasteiger partial charge in [-0.1, -0.05) is 62.4 Å². The zero-order valence-electron chi connectivity index (χ0n) is 19.8. The molecule has 0 amide bonds. The van der Waals surface area contributed by atoms with Gasteiger partial charge in [0, 0.05) is 11.6 Å². The Morgan fingerprint density at radius 2 is 1.26 bits per heavy atom. The fourth-order valence-electron chi connectivity index (χ4n) is 3.72. The number of thiol groups is 1. The molecule has 1 heterocycles. The van der Waals surface area contributed by atoms with E-state index in [4.69, 9.17) is 8.92 Å². The number of halogens is 4. The van der Waals surface area contributed by atoms with E-state index >= 15 is 0 Å². The van der Waals surface area contributed by atoms with Crippen molar-refractivity contribution < 1.29 is 26.2 Å². The van der Waals surface area contributed by atoms with Gasteiger partial charge < -0.3 is 22.0 Å². The summed E-state index contributed by atoms with van der Waals surface area (Å²) in [5.41, 5.74) is 8.53. The van der Waals surface area contributed by atoms with Crippen LogP contribution in [-0.2, 0) is 29.1 Å². The highest BCUT2D eigenvalue weighted by atomic mass is 32.2. The maximum Gasteiger partial charge on any atom is 0.673 e. The molecule has 0 aromatic heterocycles. The van der Waals surface area contributed by atoms with Gasteiger partial charge in [0.2, 0.25) is 16.9 Å². The van der Waals surface area contributed by atoms with Crippen molar-refractivity contribution in [3.8, 4) is 28.0 Å². The lowest BCUT2D eigenvalue weighted by Gasteiger charge is -2.17. The highest BCUT2D eigenvalue weighted by Crippen LogP contribution is 2.41. The van der Waals surface area contributed by atoms with Gasteiger partial charge in [-0.2, -0.15) is 0 Å². The van der Waals surface area contributed by atoms with Crippen molar-refractivity contribution in [1.29, 1.82) is 0 Å². The molecule has 0 saturated carbocycles. The molecule has 2 nitrogen and oxygen atoms in total. The van der Waals surface area contributed by atoms with Crippen LogP contribution in [0.15, 0.2) is 79.1 Å². The summed E-state index contributed by atoms with van der Waals surface area (Å²) in [6, 6.07) is 21.9. The second kappa shape index (κ2) is 12.0. The average molecular weight is 502 g/mol. The fourth-order valence-corrected chi connectivity index (χ4v) is 4.44. The maximum atomic E-state index is 9.75. The molecular formula is C27H27BF4O2S. The molecule has 1 aliphatic heterocycles. The molecule has 0 saturated heterocycles. The second-order valence-electron chi connectivity index (χ2n) is 7.77. The number of hydrogen-bond acceptors (Lipinski definition) is 2. The van der Waals surface area contributed by atoms with Crippen molar-refractivity contribution in [2.45, 2.75) is 26.7 Å². The van der Waals surface area contributed by atoms with Gasteiger partial charge in [0.25, 0.3) is 0 Å². The van der Waals surface area contributed by atoms with Gasteiger partial charge in [-0.05, 0) is 64.4 Å². The topological polar surface area (TPSA) is 18.5 Å². The molecule has 0 unspecified atom stereocenters. The first-order chi connectivity index (χ1) is 16.7. The smallest absolute Gasteiger partial charge is 0.497 e. The van der Waals surface area contributed by atoms with Gasteiger partial charge in [-0.15, -0.1) is 0 Å². The van der Waals surface area contributed by atoms with Crippen LogP contribution in [0, 0.1) is 0 Å². The van der Waals surface area contributed by atoms with Crippen LogP contribution in [-0.4, -0.2) is 14.4 Å². The Balaban J connectivity index is 0.000000623. The molecule has 4 rings (SSSR count). The third-order valence-corrected chi connectivity index (χ3v) is 6.29. The van der Waals surface area contributed by atoms with Crippen LogP contribution < -0.4 is 4.74 Å². The highest BCUT2D eigenvalue weighted by Gasteiger charge is 2.25. The zero-order valence-corrected chi connectivity index (χ0v) is 20.7. The highest BCUT2D eigenvalue weighted by molar-refractivity contribution is 7.84. The number of hydrogen-bond donors (Lipinski definition) is 0. The average Bonchev–Trinajstić information content (AvgIpc) is 2.87. The van der Waals surface area contributed by atoms with E-state index in [0.717, 1.165) is 46.7 Å². The molecule has 3 aromatic carbocycles. The summed E-state index contributed by atoms with van der Waals surface area (Å²) in [6.07, 6.45) is 7.90. The number of rotatable bonds is 6. The van der Waals surface area contributed by atoms with Crippen molar-refractivity contribution >= 4 is 24.2 Å². The van der Waals surface area contributed by atoms with Gasteiger partial charge in [0.05, 0.1) is 7.11 Å². The van der Waals surface area contributed by atoms with Crippen molar-refractivity contribution in [3.63, 3.8) is 0 Å². The maximum absolute atomic E-state index is 9.75. The molecule has 0 radical (unpaired) electrons. The van der Waals surface area contributed by atoms with E-state index in [0.29, 0.717) is 0 Å². The summed E-state index contributed by atoms with van der Waals surface area (Å²) in [4.78, 5) is 1.14. The molecule has 184 valence electrons. The molecule has 1 aliphatic rings. The van der Waals surface area contributed by atoms with E-state index in [9.17, 15) is 17.3 Å². The quantitative estimate of drug-likeness (QED) is 0.147. The Morgan fingerprint density at radius 3 is 1.60 bits per heavy atom. The fraction of sp³-hybridized carbons (Fsp3) is 0.185. The first-order valence-corrected chi connectivity index (χ1v) is 12.1. The molecular weight excluding hydrogens is 475 g/mol. The molecule has 0 N–H and O–H groups in total. The number of methoxy groups -OCH3 is 1. The largest absolute Gasteiger partial charge is 0.673 e. The molecule has 3 aromatic rings. The van der Waals surface area contributed by atoms with Gasteiger partial charge in [0.15, 0.2) is 6.26 Å². The normalized spacial score (nSPS) is 12.8. The summed E-state index contributed by atoms with van der Waals surface area (Å²) in [7, 11) is -4.27. The second-order valence-corrected chi connectivity index (χ2v) is 8.65. The van der Waals surface area contributed by atoms with E-state index in [2.05, 4.69) is 80.6 Å². The molecule has 0 atom stereocenters. The Morgan fingerprint density at radius 1 is 0.800 bits per heavy atom. The van der Waals surface area contributed by atoms with Crippen LogP contribution in [0.25, 0.3) is 27.2 Å². The summed E-state index contributed by atoms with van der Waals surface area (Å²) >= 11 is 0.838. The number of aryl methyl sites for hydroxylation is 2. The van der Waals surface area contributed by atoms with Crippen molar-refractivity contribution in [3.05, 3.63) is 95.8 Å². The molecule has 0 aliphatic carbocycles. The number of allylic oxidation sites excluding steroid dienone is 2. The minimum Gasteiger partial charge on any atom is -0.497 e. The Labute approximate surface area is 208 Å². The zero-order chi connectivity index (χ0) is 25.4. The molecule has 0 bridgehead atoms. The molecule has 8 heteroatoms. The SMILES string of the molecule is CCc1ccc(-c2cc(OC)cc(-c3ccc(CC)cc3)c2C2=CC=CO[SH+]2)cc1.F[B-](F)(F)F. The molecule has 0 spiro atoms. The van der Waals surface area contributed by atoms with Crippen molar-refractivity contribution in [2.24, 2.45) is 0 Å². The molecule has 0 fully saturated rings. The lowest BCUT2D eigenvalue weighted by atomic mass is 9.90. The third kappa shape index (κ3) is 7.43. The predicted octanol–water partition coefficient (Wildman–Crippen LogP) is 8.07. The van der Waals surface area contributed by atoms with E-state index in [-0.39, 0.29) is 0 Å². The Kier molecular flexibility index (Phi) is 9.10. The van der Waals surface area contributed by atoms with Gasteiger partial charge in [-0.3, -0.25) is 4.18 Å². The van der Waals surface area contributed by atoms with Crippen LogP contribution in [0.4, 0.5) is 17.3 Å². The third-order valence-electron chi connectivity index (χ3n) is 5.49. The van der Waals surface area contributed by atoms with E-state index in [1.807, 2.05) is 6.08 Å². The first-order valence-electron chi connectivity index (χ1n) is 11.3.